The van der Waals surface area contributed by atoms with Crippen molar-refractivity contribution in [2.24, 2.45) is 0 Å². The van der Waals surface area contributed by atoms with Crippen molar-refractivity contribution < 1.29 is 13.9 Å². The Hall–Kier alpha value is -3.75. The minimum Gasteiger partial charge on any atom is -0.454 e. The van der Waals surface area contributed by atoms with Gasteiger partial charge in [0, 0.05) is 41.9 Å². The fourth-order valence-electron chi connectivity index (χ4n) is 4.24. The third-order valence-corrected chi connectivity index (χ3v) is 5.97. The molecular formula is C26H27N5O3. The van der Waals surface area contributed by atoms with Gasteiger partial charge in [0.25, 0.3) is 5.91 Å². The summed E-state index contributed by atoms with van der Waals surface area (Å²) in [5, 5.41) is 7.45. The standard InChI is InChI=1S/C26H27N5O3/c1-31-10-9-20(15-31)28-26(32)18-7-8-21(19(11-18)16-33-2)29-25-14-27-13-22(30-25)24-12-17-5-3-4-6-23(17)34-24/h3-8,11-14,20H,9-10,15-16H2,1-2H3,(H,28,32)(H,29,30). The van der Waals surface area contributed by atoms with Crippen LogP contribution in [0.3, 0.4) is 0 Å². The number of benzene rings is 2. The number of likely N-dealkylation sites (N-methyl/N-ethyl adjacent to an activating group) is 1. The number of fused-ring (bicyclic) bond motifs is 1. The van der Waals surface area contributed by atoms with E-state index in [9.17, 15) is 4.79 Å². The highest BCUT2D eigenvalue weighted by molar-refractivity contribution is 5.95. The van der Waals surface area contributed by atoms with E-state index < -0.39 is 0 Å². The maximum absolute atomic E-state index is 12.8. The van der Waals surface area contributed by atoms with E-state index in [1.807, 2.05) is 48.5 Å². The SMILES string of the molecule is COCc1cc(C(=O)NC2CCN(C)C2)ccc1Nc1cncc(-c2cc3ccccc3o2)n1. The van der Waals surface area contributed by atoms with E-state index in [0.29, 0.717) is 29.4 Å². The molecule has 4 aromatic rings. The molecule has 1 aliphatic rings. The molecule has 2 aromatic carbocycles. The molecule has 34 heavy (non-hydrogen) atoms. The molecule has 174 valence electrons. The van der Waals surface area contributed by atoms with Crippen molar-refractivity contribution in [3.8, 4) is 11.5 Å². The van der Waals surface area contributed by atoms with Crippen molar-refractivity contribution >= 4 is 28.4 Å². The number of carbonyl (C=O) groups excluding carboxylic acids is 1. The Morgan fingerprint density at radius 3 is 2.88 bits per heavy atom. The van der Waals surface area contributed by atoms with Gasteiger partial charge in [-0.15, -0.1) is 0 Å². The summed E-state index contributed by atoms with van der Waals surface area (Å²) in [6.07, 6.45) is 4.29. The van der Waals surface area contributed by atoms with Gasteiger partial charge in [-0.2, -0.15) is 0 Å². The van der Waals surface area contributed by atoms with E-state index >= 15 is 0 Å². The van der Waals surface area contributed by atoms with E-state index in [4.69, 9.17) is 9.15 Å². The summed E-state index contributed by atoms with van der Waals surface area (Å²) in [4.78, 5) is 24.0. The number of rotatable bonds is 7. The lowest BCUT2D eigenvalue weighted by molar-refractivity contribution is 0.0938. The van der Waals surface area contributed by atoms with Gasteiger partial charge in [-0.1, -0.05) is 18.2 Å². The number of likely N-dealkylation sites (tertiary alicyclic amines) is 1. The number of para-hydroxylation sites is 1. The Bertz CT molecular complexity index is 1290. The van der Waals surface area contributed by atoms with Crippen LogP contribution >= 0.6 is 0 Å². The van der Waals surface area contributed by atoms with Crippen molar-refractivity contribution in [1.82, 2.24) is 20.2 Å². The van der Waals surface area contributed by atoms with Gasteiger partial charge in [0.1, 0.15) is 17.1 Å². The fraction of sp³-hybridized carbons (Fsp3) is 0.269. The molecule has 8 nitrogen and oxygen atoms in total. The number of furan rings is 1. The summed E-state index contributed by atoms with van der Waals surface area (Å²) in [5.41, 5.74) is 3.70. The summed E-state index contributed by atoms with van der Waals surface area (Å²) in [5.74, 6) is 1.15. The van der Waals surface area contributed by atoms with Crippen LogP contribution in [0.2, 0.25) is 0 Å². The predicted molar refractivity (Wildman–Crippen MR) is 131 cm³/mol. The summed E-state index contributed by atoms with van der Waals surface area (Å²) in [7, 11) is 3.70. The summed E-state index contributed by atoms with van der Waals surface area (Å²) in [6, 6.07) is 15.5. The van der Waals surface area contributed by atoms with Gasteiger partial charge in [0.05, 0.1) is 19.0 Å². The first-order chi connectivity index (χ1) is 16.6. The Morgan fingerprint density at radius 2 is 2.09 bits per heavy atom. The molecule has 2 aromatic heterocycles. The lowest BCUT2D eigenvalue weighted by Gasteiger charge is -2.15. The molecule has 1 unspecified atom stereocenters. The predicted octanol–water partition coefficient (Wildman–Crippen LogP) is 4.21. The molecule has 1 aliphatic heterocycles. The van der Waals surface area contributed by atoms with Crippen molar-refractivity contribution in [1.29, 1.82) is 0 Å². The minimum absolute atomic E-state index is 0.0733. The van der Waals surface area contributed by atoms with E-state index in [1.54, 1.807) is 19.5 Å². The number of carbonyl (C=O) groups is 1. The summed E-state index contributed by atoms with van der Waals surface area (Å²) < 4.78 is 11.3. The number of methoxy groups -OCH3 is 1. The van der Waals surface area contributed by atoms with Gasteiger partial charge in [-0.3, -0.25) is 9.78 Å². The average Bonchev–Trinajstić information content (AvgIpc) is 3.46. The highest BCUT2D eigenvalue weighted by atomic mass is 16.5. The van der Waals surface area contributed by atoms with Crippen LogP contribution in [0.15, 0.2) is 65.3 Å². The Balaban J connectivity index is 1.36. The third kappa shape index (κ3) is 4.78. The Kier molecular flexibility index (Phi) is 6.24. The van der Waals surface area contributed by atoms with Crippen LogP contribution in [0.1, 0.15) is 22.3 Å². The Labute approximate surface area is 198 Å². The van der Waals surface area contributed by atoms with Gasteiger partial charge in [-0.05, 0) is 50.3 Å². The van der Waals surface area contributed by atoms with Gasteiger partial charge in [0.2, 0.25) is 0 Å². The lowest BCUT2D eigenvalue weighted by atomic mass is 10.1. The molecule has 0 aliphatic carbocycles. The highest BCUT2D eigenvalue weighted by Gasteiger charge is 2.22. The van der Waals surface area contributed by atoms with E-state index in [1.165, 1.54) is 0 Å². The molecular weight excluding hydrogens is 430 g/mol. The van der Waals surface area contributed by atoms with Gasteiger partial charge in [-0.25, -0.2) is 4.98 Å². The second-order valence-corrected chi connectivity index (χ2v) is 8.59. The van der Waals surface area contributed by atoms with Crippen LogP contribution in [-0.2, 0) is 11.3 Å². The zero-order valence-corrected chi connectivity index (χ0v) is 19.2. The highest BCUT2D eigenvalue weighted by Crippen LogP contribution is 2.28. The number of hydrogen-bond donors (Lipinski definition) is 2. The molecule has 1 saturated heterocycles. The minimum atomic E-state index is -0.0733. The van der Waals surface area contributed by atoms with Crippen molar-refractivity contribution in [2.45, 2.75) is 19.1 Å². The van der Waals surface area contributed by atoms with Crippen LogP contribution in [-0.4, -0.2) is 54.1 Å². The second-order valence-electron chi connectivity index (χ2n) is 8.59. The Morgan fingerprint density at radius 1 is 1.21 bits per heavy atom. The first-order valence-electron chi connectivity index (χ1n) is 11.3. The average molecular weight is 458 g/mol. The van der Waals surface area contributed by atoms with Crippen LogP contribution in [0.25, 0.3) is 22.4 Å². The monoisotopic (exact) mass is 457 g/mol. The molecule has 8 heteroatoms. The molecule has 0 radical (unpaired) electrons. The zero-order valence-electron chi connectivity index (χ0n) is 19.2. The lowest BCUT2D eigenvalue weighted by Crippen LogP contribution is -2.36. The number of aromatic nitrogens is 2. The zero-order chi connectivity index (χ0) is 23.5. The molecule has 0 bridgehead atoms. The quantitative estimate of drug-likeness (QED) is 0.429. The molecule has 0 saturated carbocycles. The smallest absolute Gasteiger partial charge is 0.251 e. The van der Waals surface area contributed by atoms with Crippen LogP contribution in [0.5, 0.6) is 0 Å². The maximum atomic E-state index is 12.8. The van der Waals surface area contributed by atoms with Gasteiger partial charge in [0.15, 0.2) is 5.76 Å². The van der Waals surface area contributed by atoms with E-state index in [-0.39, 0.29) is 11.9 Å². The van der Waals surface area contributed by atoms with Crippen LogP contribution in [0, 0.1) is 0 Å². The van der Waals surface area contributed by atoms with E-state index in [0.717, 1.165) is 41.7 Å². The molecule has 0 spiro atoms. The normalized spacial score (nSPS) is 16.1. The number of anilines is 2. The van der Waals surface area contributed by atoms with Crippen molar-refractivity contribution in [2.75, 3.05) is 32.6 Å². The van der Waals surface area contributed by atoms with Gasteiger partial charge < -0.3 is 24.7 Å². The van der Waals surface area contributed by atoms with Crippen molar-refractivity contribution in [3.63, 3.8) is 0 Å². The van der Waals surface area contributed by atoms with E-state index in [2.05, 4.69) is 32.5 Å². The molecule has 1 amide bonds. The number of nitrogens with zero attached hydrogens (tertiary/aromatic N) is 3. The molecule has 5 rings (SSSR count). The topological polar surface area (TPSA) is 92.5 Å². The molecule has 1 fully saturated rings. The van der Waals surface area contributed by atoms with Crippen molar-refractivity contribution in [3.05, 3.63) is 72.1 Å². The maximum Gasteiger partial charge on any atom is 0.251 e. The molecule has 1 atom stereocenters. The number of nitrogens with one attached hydrogen (secondary N) is 2. The molecule has 2 N–H and O–H groups in total. The fourth-order valence-corrected chi connectivity index (χ4v) is 4.24. The number of hydrogen-bond acceptors (Lipinski definition) is 7. The second kappa shape index (κ2) is 9.62. The van der Waals surface area contributed by atoms with Crippen LogP contribution in [0.4, 0.5) is 11.5 Å². The van der Waals surface area contributed by atoms with Gasteiger partial charge >= 0.3 is 0 Å². The largest absolute Gasteiger partial charge is 0.454 e. The molecule has 3 heterocycles. The summed E-state index contributed by atoms with van der Waals surface area (Å²) >= 11 is 0. The summed E-state index contributed by atoms with van der Waals surface area (Å²) in [6.45, 7) is 2.22. The first kappa shape index (κ1) is 22.1. The third-order valence-electron chi connectivity index (χ3n) is 5.97. The van der Waals surface area contributed by atoms with Crippen LogP contribution < -0.4 is 10.6 Å². The first-order valence-corrected chi connectivity index (χ1v) is 11.3. The number of ether oxygens (including phenoxy) is 1. The number of amides is 1.